The smallest absolute Gasteiger partial charge is 0.238 e. The van der Waals surface area contributed by atoms with E-state index in [9.17, 15) is 9.59 Å². The molecule has 3 aliphatic rings. The molecule has 6 nitrogen and oxygen atoms in total. The fraction of sp³-hybridized carbons (Fsp3) is 0.600. The first-order chi connectivity index (χ1) is 12.5. The van der Waals surface area contributed by atoms with Crippen LogP contribution in [-0.4, -0.2) is 37.0 Å². The Morgan fingerprint density at radius 3 is 2.73 bits per heavy atom. The van der Waals surface area contributed by atoms with Gasteiger partial charge in [0.25, 0.3) is 0 Å². The number of nitrogens with one attached hydrogen (secondary N) is 1. The Balaban J connectivity index is 1.70. The summed E-state index contributed by atoms with van der Waals surface area (Å²) in [6.45, 7) is 2.97. The van der Waals surface area contributed by atoms with Crippen LogP contribution in [0.2, 0.25) is 0 Å². The number of aryl methyl sites for hydroxylation is 1. The molecule has 0 aromatic heterocycles. The second-order valence-corrected chi connectivity index (χ2v) is 8.11. The summed E-state index contributed by atoms with van der Waals surface area (Å²) in [6.07, 6.45) is 4.94. The van der Waals surface area contributed by atoms with E-state index in [1.54, 1.807) is 0 Å². The minimum absolute atomic E-state index is 0.187. The third kappa shape index (κ3) is 3.07. The van der Waals surface area contributed by atoms with Gasteiger partial charge in [0.1, 0.15) is 17.8 Å². The van der Waals surface area contributed by atoms with E-state index in [-0.39, 0.29) is 17.9 Å². The summed E-state index contributed by atoms with van der Waals surface area (Å²) in [6, 6.07) is 6.80. The minimum atomic E-state index is -0.680. The quantitative estimate of drug-likeness (QED) is 0.750. The molecule has 1 aromatic rings. The molecule has 6 heteroatoms. The van der Waals surface area contributed by atoms with Crippen molar-refractivity contribution in [2.45, 2.75) is 57.5 Å². The van der Waals surface area contributed by atoms with Gasteiger partial charge in [-0.3, -0.25) is 14.9 Å². The molecule has 1 saturated carbocycles. The SMILES string of the molecule is Cc1ccc2c(c1)N(C1CCC(N)CC1)CC1(CCC(=O)NC1=O)CO2. The Bertz CT molecular complexity index is 727. The number of amides is 2. The number of rotatable bonds is 1. The molecule has 26 heavy (non-hydrogen) atoms. The van der Waals surface area contributed by atoms with Crippen molar-refractivity contribution in [2.75, 3.05) is 18.1 Å². The van der Waals surface area contributed by atoms with Crippen LogP contribution in [0, 0.1) is 12.3 Å². The second kappa shape index (κ2) is 6.58. The van der Waals surface area contributed by atoms with E-state index >= 15 is 0 Å². The molecule has 2 heterocycles. The van der Waals surface area contributed by atoms with Crippen molar-refractivity contribution in [1.82, 2.24) is 5.32 Å². The van der Waals surface area contributed by atoms with Crippen molar-refractivity contribution in [1.29, 1.82) is 0 Å². The van der Waals surface area contributed by atoms with E-state index in [1.165, 1.54) is 5.56 Å². The average Bonchev–Trinajstić information content (AvgIpc) is 2.78. The maximum atomic E-state index is 12.8. The third-order valence-electron chi connectivity index (χ3n) is 6.15. The zero-order valence-corrected chi connectivity index (χ0v) is 15.3. The highest BCUT2D eigenvalue weighted by molar-refractivity contribution is 6.01. The summed E-state index contributed by atoms with van der Waals surface area (Å²) in [4.78, 5) is 26.8. The zero-order valence-electron chi connectivity index (χ0n) is 15.3. The Morgan fingerprint density at radius 1 is 1.23 bits per heavy atom. The third-order valence-corrected chi connectivity index (χ3v) is 6.15. The van der Waals surface area contributed by atoms with Crippen LogP contribution < -0.4 is 20.7 Å². The van der Waals surface area contributed by atoms with Crippen LogP contribution >= 0.6 is 0 Å². The van der Waals surface area contributed by atoms with Crippen LogP contribution in [0.3, 0.4) is 0 Å². The largest absolute Gasteiger partial charge is 0.490 e. The fourth-order valence-electron chi connectivity index (χ4n) is 4.46. The summed E-state index contributed by atoms with van der Waals surface area (Å²) < 4.78 is 6.11. The lowest BCUT2D eigenvalue weighted by molar-refractivity contribution is -0.142. The molecule has 2 amide bonds. The molecule has 0 bridgehead atoms. The number of anilines is 1. The lowest BCUT2D eigenvalue weighted by atomic mass is 9.78. The van der Waals surface area contributed by atoms with Crippen molar-refractivity contribution in [2.24, 2.45) is 11.1 Å². The first-order valence-electron chi connectivity index (χ1n) is 9.57. The molecule has 140 valence electrons. The van der Waals surface area contributed by atoms with Crippen LogP contribution in [0.25, 0.3) is 0 Å². The Labute approximate surface area is 154 Å². The monoisotopic (exact) mass is 357 g/mol. The summed E-state index contributed by atoms with van der Waals surface area (Å²) in [5.41, 5.74) is 7.66. The molecule has 0 radical (unpaired) electrons. The minimum Gasteiger partial charge on any atom is -0.490 e. The van der Waals surface area contributed by atoms with Gasteiger partial charge >= 0.3 is 0 Å². The Hall–Kier alpha value is -2.08. The number of piperidine rings is 1. The number of carbonyl (C=O) groups is 2. The van der Waals surface area contributed by atoms with Crippen LogP contribution in [0.4, 0.5) is 5.69 Å². The molecule has 1 aromatic carbocycles. The molecular weight excluding hydrogens is 330 g/mol. The maximum Gasteiger partial charge on any atom is 0.238 e. The summed E-state index contributed by atoms with van der Waals surface area (Å²) in [7, 11) is 0. The van der Waals surface area contributed by atoms with Crippen molar-refractivity contribution in [3.63, 3.8) is 0 Å². The first kappa shape index (κ1) is 17.3. The summed E-state index contributed by atoms with van der Waals surface area (Å²) in [5.74, 6) is 0.441. The van der Waals surface area contributed by atoms with Gasteiger partial charge in [-0.15, -0.1) is 0 Å². The van der Waals surface area contributed by atoms with Crippen molar-refractivity contribution in [3.8, 4) is 5.75 Å². The number of carbonyl (C=O) groups excluding carboxylic acids is 2. The molecule has 4 rings (SSSR count). The number of ether oxygens (including phenoxy) is 1. The molecule has 1 spiro atoms. The predicted octanol–water partition coefficient (Wildman–Crippen LogP) is 1.89. The summed E-state index contributed by atoms with van der Waals surface area (Å²) >= 11 is 0. The van der Waals surface area contributed by atoms with E-state index in [0.29, 0.717) is 32.0 Å². The number of benzene rings is 1. The van der Waals surface area contributed by atoms with Gasteiger partial charge in [-0.1, -0.05) is 6.07 Å². The van der Waals surface area contributed by atoms with Gasteiger partial charge in [-0.25, -0.2) is 0 Å². The second-order valence-electron chi connectivity index (χ2n) is 8.11. The van der Waals surface area contributed by atoms with E-state index < -0.39 is 5.41 Å². The normalized spacial score (nSPS) is 31.8. The van der Waals surface area contributed by atoms with Crippen LogP contribution in [-0.2, 0) is 9.59 Å². The highest BCUT2D eigenvalue weighted by Gasteiger charge is 2.48. The predicted molar refractivity (Wildman–Crippen MR) is 99.1 cm³/mol. The molecule has 3 N–H and O–H groups in total. The van der Waals surface area contributed by atoms with E-state index in [4.69, 9.17) is 10.5 Å². The molecular formula is C20H27N3O3. The van der Waals surface area contributed by atoms with Crippen molar-refractivity contribution < 1.29 is 14.3 Å². The van der Waals surface area contributed by atoms with Gasteiger partial charge in [0, 0.05) is 25.0 Å². The standard InChI is InChI=1S/C20H27N3O3/c1-13-2-7-17-16(10-13)23(15-5-3-14(21)4-6-15)11-20(12-26-17)9-8-18(24)22-19(20)25/h2,7,10,14-15H,3-6,8-9,11-12,21H2,1H3,(H,22,24,25). The highest BCUT2D eigenvalue weighted by Crippen LogP contribution is 2.42. The van der Waals surface area contributed by atoms with Gasteiger partial charge in [0.2, 0.25) is 11.8 Å². The molecule has 1 saturated heterocycles. The van der Waals surface area contributed by atoms with Crippen LogP contribution in [0.1, 0.15) is 44.1 Å². The van der Waals surface area contributed by atoms with Crippen LogP contribution in [0.5, 0.6) is 5.75 Å². The molecule has 1 atom stereocenters. The van der Waals surface area contributed by atoms with E-state index in [2.05, 4.69) is 23.2 Å². The number of hydrogen-bond donors (Lipinski definition) is 2. The van der Waals surface area contributed by atoms with Crippen molar-refractivity contribution in [3.05, 3.63) is 23.8 Å². The van der Waals surface area contributed by atoms with E-state index in [0.717, 1.165) is 37.1 Å². The molecule has 1 unspecified atom stereocenters. The van der Waals surface area contributed by atoms with Gasteiger partial charge in [-0.2, -0.15) is 0 Å². The van der Waals surface area contributed by atoms with E-state index in [1.807, 2.05) is 12.1 Å². The number of hydrogen-bond acceptors (Lipinski definition) is 5. The molecule has 2 fully saturated rings. The summed E-state index contributed by atoms with van der Waals surface area (Å²) in [5, 5.41) is 2.53. The first-order valence-corrected chi connectivity index (χ1v) is 9.57. The van der Waals surface area contributed by atoms with Gasteiger partial charge in [-0.05, 0) is 56.7 Å². The Kier molecular flexibility index (Phi) is 4.39. The lowest BCUT2D eigenvalue weighted by Gasteiger charge is -2.42. The van der Waals surface area contributed by atoms with Gasteiger partial charge < -0.3 is 15.4 Å². The zero-order chi connectivity index (χ0) is 18.3. The number of imide groups is 1. The fourth-order valence-corrected chi connectivity index (χ4v) is 4.46. The van der Waals surface area contributed by atoms with Crippen LogP contribution in [0.15, 0.2) is 18.2 Å². The molecule has 2 aliphatic heterocycles. The van der Waals surface area contributed by atoms with Crippen molar-refractivity contribution >= 4 is 17.5 Å². The number of nitrogens with zero attached hydrogens (tertiary/aromatic N) is 1. The Morgan fingerprint density at radius 2 is 2.00 bits per heavy atom. The average molecular weight is 357 g/mol. The topological polar surface area (TPSA) is 84.7 Å². The number of nitrogens with two attached hydrogens (primary N) is 1. The van der Waals surface area contributed by atoms with Gasteiger partial charge in [0.05, 0.1) is 5.69 Å². The highest BCUT2D eigenvalue weighted by atomic mass is 16.5. The number of fused-ring (bicyclic) bond motifs is 1. The van der Waals surface area contributed by atoms with Gasteiger partial charge in [0.15, 0.2) is 0 Å². The maximum absolute atomic E-state index is 12.8. The molecule has 1 aliphatic carbocycles. The lowest BCUT2D eigenvalue weighted by Crippen LogP contribution is -2.57.